The average molecular weight is 195 g/mol. The van der Waals surface area contributed by atoms with Gasteiger partial charge in [0.05, 0.1) is 19.3 Å². The second-order valence-corrected chi connectivity index (χ2v) is 3.77. The first-order valence-electron chi connectivity index (χ1n) is 5.15. The first-order chi connectivity index (χ1) is 6.77. The minimum absolute atomic E-state index is 0.368. The third kappa shape index (κ3) is 1.99. The molecule has 1 unspecified atom stereocenters. The van der Waals surface area contributed by atoms with Gasteiger partial charge in [-0.1, -0.05) is 0 Å². The van der Waals surface area contributed by atoms with Crippen LogP contribution >= 0.6 is 0 Å². The molecule has 1 aliphatic heterocycles. The van der Waals surface area contributed by atoms with Crippen molar-refractivity contribution in [2.45, 2.75) is 19.9 Å². The Morgan fingerprint density at radius 2 is 2.00 bits per heavy atom. The topological polar surface area (TPSA) is 25.6 Å². The highest BCUT2D eigenvalue weighted by atomic mass is 16.5. The highest BCUT2D eigenvalue weighted by molar-refractivity contribution is 5.09. The second-order valence-electron chi connectivity index (χ2n) is 3.77. The highest BCUT2D eigenvalue weighted by Gasteiger charge is 2.20. The lowest BCUT2D eigenvalue weighted by atomic mass is 10.2. The molecular formula is C11H17NO2. The Balaban J connectivity index is 2.03. The third-order valence-electron chi connectivity index (χ3n) is 2.77. The van der Waals surface area contributed by atoms with E-state index < -0.39 is 0 Å². The van der Waals surface area contributed by atoms with Gasteiger partial charge in [-0.2, -0.15) is 0 Å². The standard InChI is InChI=1S/C11H17NO2/c1-9-3-4-11(14-9)10(2)12-5-7-13-8-6-12/h3-4,10H,5-8H2,1-2H3. The molecule has 1 atom stereocenters. The van der Waals surface area contributed by atoms with Crippen LogP contribution in [0.2, 0.25) is 0 Å². The maximum absolute atomic E-state index is 5.62. The molecule has 1 fully saturated rings. The summed E-state index contributed by atoms with van der Waals surface area (Å²) in [6.07, 6.45) is 0. The van der Waals surface area contributed by atoms with Crippen molar-refractivity contribution in [3.8, 4) is 0 Å². The van der Waals surface area contributed by atoms with Crippen LogP contribution in [0.25, 0.3) is 0 Å². The summed E-state index contributed by atoms with van der Waals surface area (Å²) in [4.78, 5) is 2.39. The van der Waals surface area contributed by atoms with Crippen LogP contribution < -0.4 is 0 Å². The van der Waals surface area contributed by atoms with Crippen molar-refractivity contribution in [1.29, 1.82) is 0 Å². The molecule has 1 aromatic rings. The lowest BCUT2D eigenvalue weighted by molar-refractivity contribution is 0.0156. The van der Waals surface area contributed by atoms with Crippen LogP contribution in [0.3, 0.4) is 0 Å². The van der Waals surface area contributed by atoms with Gasteiger partial charge >= 0.3 is 0 Å². The van der Waals surface area contributed by atoms with Crippen molar-refractivity contribution in [1.82, 2.24) is 4.90 Å². The van der Waals surface area contributed by atoms with Gasteiger partial charge in [-0.3, -0.25) is 4.90 Å². The van der Waals surface area contributed by atoms with Gasteiger partial charge in [-0.05, 0) is 26.0 Å². The number of furan rings is 1. The minimum atomic E-state index is 0.368. The summed E-state index contributed by atoms with van der Waals surface area (Å²) < 4.78 is 10.9. The zero-order chi connectivity index (χ0) is 9.97. The Morgan fingerprint density at radius 3 is 2.57 bits per heavy atom. The van der Waals surface area contributed by atoms with E-state index >= 15 is 0 Å². The summed E-state index contributed by atoms with van der Waals surface area (Å²) in [6.45, 7) is 7.84. The number of aryl methyl sites for hydroxylation is 1. The Kier molecular flexibility index (Phi) is 2.89. The van der Waals surface area contributed by atoms with Crippen LogP contribution in [0.5, 0.6) is 0 Å². The normalized spacial score (nSPS) is 21.0. The van der Waals surface area contributed by atoms with Gasteiger partial charge in [-0.25, -0.2) is 0 Å². The molecule has 3 heteroatoms. The van der Waals surface area contributed by atoms with Crippen LogP contribution in [-0.4, -0.2) is 31.2 Å². The van der Waals surface area contributed by atoms with E-state index in [0.717, 1.165) is 37.8 Å². The van der Waals surface area contributed by atoms with E-state index in [0.29, 0.717) is 6.04 Å². The fourth-order valence-electron chi connectivity index (χ4n) is 1.82. The van der Waals surface area contributed by atoms with E-state index in [1.807, 2.05) is 13.0 Å². The molecule has 1 aromatic heterocycles. The number of nitrogens with zero attached hydrogens (tertiary/aromatic N) is 1. The van der Waals surface area contributed by atoms with Gasteiger partial charge in [0.1, 0.15) is 11.5 Å². The molecule has 0 radical (unpaired) electrons. The van der Waals surface area contributed by atoms with Crippen LogP contribution in [0.4, 0.5) is 0 Å². The Hall–Kier alpha value is -0.800. The summed E-state index contributed by atoms with van der Waals surface area (Å²) >= 11 is 0. The second kappa shape index (κ2) is 4.15. The zero-order valence-electron chi connectivity index (χ0n) is 8.82. The van der Waals surface area contributed by atoms with Gasteiger partial charge in [-0.15, -0.1) is 0 Å². The van der Waals surface area contributed by atoms with Gasteiger partial charge < -0.3 is 9.15 Å². The van der Waals surface area contributed by atoms with Gasteiger partial charge in [0, 0.05) is 13.1 Å². The predicted molar refractivity (Wildman–Crippen MR) is 54.3 cm³/mol. The molecule has 78 valence electrons. The average Bonchev–Trinajstić information content (AvgIpc) is 2.65. The number of rotatable bonds is 2. The molecule has 0 saturated carbocycles. The van der Waals surface area contributed by atoms with Gasteiger partial charge in [0.15, 0.2) is 0 Å². The lowest BCUT2D eigenvalue weighted by Crippen LogP contribution is -2.37. The van der Waals surface area contributed by atoms with Crippen LogP contribution in [0.1, 0.15) is 24.5 Å². The Labute approximate surface area is 84.6 Å². The SMILES string of the molecule is Cc1ccc(C(C)N2CCOCC2)o1. The van der Waals surface area contributed by atoms with E-state index in [9.17, 15) is 0 Å². The lowest BCUT2D eigenvalue weighted by Gasteiger charge is -2.31. The molecule has 0 spiro atoms. The molecule has 1 aliphatic rings. The van der Waals surface area contributed by atoms with E-state index in [4.69, 9.17) is 9.15 Å². The van der Waals surface area contributed by atoms with E-state index in [1.54, 1.807) is 0 Å². The first-order valence-corrected chi connectivity index (χ1v) is 5.15. The monoisotopic (exact) mass is 195 g/mol. The van der Waals surface area contributed by atoms with Crippen molar-refractivity contribution >= 4 is 0 Å². The molecule has 2 rings (SSSR count). The number of morpholine rings is 1. The molecule has 0 bridgehead atoms. The number of hydrogen-bond donors (Lipinski definition) is 0. The van der Waals surface area contributed by atoms with E-state index in [-0.39, 0.29) is 0 Å². The first kappa shape index (κ1) is 9.74. The molecule has 0 amide bonds. The number of ether oxygens (including phenoxy) is 1. The largest absolute Gasteiger partial charge is 0.465 e. The van der Waals surface area contributed by atoms with Crippen LogP contribution in [0, 0.1) is 6.92 Å². The molecule has 2 heterocycles. The smallest absolute Gasteiger partial charge is 0.121 e. The molecule has 0 N–H and O–H groups in total. The minimum Gasteiger partial charge on any atom is -0.465 e. The molecular weight excluding hydrogens is 178 g/mol. The summed E-state index contributed by atoms with van der Waals surface area (Å²) in [6, 6.07) is 4.45. The fraction of sp³-hybridized carbons (Fsp3) is 0.636. The van der Waals surface area contributed by atoms with Crippen molar-refractivity contribution < 1.29 is 9.15 Å². The van der Waals surface area contributed by atoms with Crippen molar-refractivity contribution in [3.63, 3.8) is 0 Å². The summed E-state index contributed by atoms with van der Waals surface area (Å²) in [5.41, 5.74) is 0. The molecule has 0 aliphatic carbocycles. The molecule has 3 nitrogen and oxygen atoms in total. The summed E-state index contributed by atoms with van der Waals surface area (Å²) in [5, 5.41) is 0. The molecule has 0 aromatic carbocycles. The van der Waals surface area contributed by atoms with E-state index in [1.165, 1.54) is 0 Å². The van der Waals surface area contributed by atoms with E-state index in [2.05, 4.69) is 17.9 Å². The third-order valence-corrected chi connectivity index (χ3v) is 2.77. The quantitative estimate of drug-likeness (QED) is 0.721. The fourth-order valence-corrected chi connectivity index (χ4v) is 1.82. The van der Waals surface area contributed by atoms with Crippen molar-refractivity contribution in [2.75, 3.05) is 26.3 Å². The zero-order valence-corrected chi connectivity index (χ0v) is 8.82. The molecule has 14 heavy (non-hydrogen) atoms. The van der Waals surface area contributed by atoms with Crippen molar-refractivity contribution in [2.24, 2.45) is 0 Å². The van der Waals surface area contributed by atoms with Crippen LogP contribution in [0.15, 0.2) is 16.5 Å². The maximum atomic E-state index is 5.62. The maximum Gasteiger partial charge on any atom is 0.121 e. The van der Waals surface area contributed by atoms with Gasteiger partial charge in [0.25, 0.3) is 0 Å². The summed E-state index contributed by atoms with van der Waals surface area (Å²) in [5.74, 6) is 2.05. The highest BCUT2D eigenvalue weighted by Crippen LogP contribution is 2.22. The summed E-state index contributed by atoms with van der Waals surface area (Å²) in [7, 11) is 0. The van der Waals surface area contributed by atoms with Gasteiger partial charge in [0.2, 0.25) is 0 Å². The van der Waals surface area contributed by atoms with Crippen molar-refractivity contribution in [3.05, 3.63) is 23.7 Å². The number of hydrogen-bond acceptors (Lipinski definition) is 3. The van der Waals surface area contributed by atoms with Crippen LogP contribution in [-0.2, 0) is 4.74 Å². The predicted octanol–water partition coefficient (Wildman–Crippen LogP) is 1.98. The Morgan fingerprint density at radius 1 is 1.29 bits per heavy atom. The Bertz CT molecular complexity index is 289. The molecule has 1 saturated heterocycles.